The van der Waals surface area contributed by atoms with E-state index in [-0.39, 0.29) is 11.4 Å². The lowest BCUT2D eigenvalue weighted by Crippen LogP contribution is -2.41. The number of benzene rings is 1. The summed E-state index contributed by atoms with van der Waals surface area (Å²) in [6.07, 6.45) is 2.45. The Morgan fingerprint density at radius 2 is 2.00 bits per heavy atom. The van der Waals surface area contributed by atoms with E-state index in [9.17, 15) is 22.7 Å². The fourth-order valence-electron chi connectivity index (χ4n) is 2.47. The van der Waals surface area contributed by atoms with Crippen molar-refractivity contribution in [1.82, 2.24) is 4.72 Å². The van der Waals surface area contributed by atoms with Crippen LogP contribution in [0.1, 0.15) is 25.7 Å². The molecule has 5 nitrogen and oxygen atoms in total. The van der Waals surface area contributed by atoms with Crippen molar-refractivity contribution >= 4 is 16.0 Å². The molecule has 1 saturated carbocycles. The average Bonchev–Trinajstić information content (AvgIpc) is 2.87. The zero-order valence-electron chi connectivity index (χ0n) is 10.8. The van der Waals surface area contributed by atoms with Crippen LogP contribution in [0.25, 0.3) is 0 Å². The van der Waals surface area contributed by atoms with Crippen molar-refractivity contribution in [2.45, 2.75) is 30.6 Å². The van der Waals surface area contributed by atoms with E-state index >= 15 is 0 Å². The Kier molecular flexibility index (Phi) is 4.10. The lowest BCUT2D eigenvalue weighted by molar-refractivity contribution is -0.148. The number of carbonyl (C=O) groups is 1. The Morgan fingerprint density at radius 1 is 1.35 bits per heavy atom. The van der Waals surface area contributed by atoms with E-state index in [0.29, 0.717) is 12.8 Å². The molecule has 1 aliphatic carbocycles. The largest absolute Gasteiger partial charge is 0.481 e. The molecule has 2 rings (SSSR count). The first-order valence-corrected chi connectivity index (χ1v) is 7.83. The predicted octanol–water partition coefficient (Wildman–Crippen LogP) is 1.75. The maximum Gasteiger partial charge on any atom is 0.310 e. The lowest BCUT2D eigenvalue weighted by Gasteiger charge is -2.23. The van der Waals surface area contributed by atoms with Gasteiger partial charge < -0.3 is 5.11 Å². The first-order valence-electron chi connectivity index (χ1n) is 6.34. The number of halogens is 1. The smallest absolute Gasteiger partial charge is 0.310 e. The summed E-state index contributed by atoms with van der Waals surface area (Å²) in [5.41, 5.74) is -1.04. The van der Waals surface area contributed by atoms with Crippen LogP contribution < -0.4 is 4.72 Å². The van der Waals surface area contributed by atoms with Gasteiger partial charge in [0.25, 0.3) is 0 Å². The fourth-order valence-corrected chi connectivity index (χ4v) is 3.63. The second-order valence-electron chi connectivity index (χ2n) is 5.07. The van der Waals surface area contributed by atoms with Gasteiger partial charge in [-0.05, 0) is 31.0 Å². The van der Waals surface area contributed by atoms with E-state index in [1.807, 2.05) is 0 Å². The Balaban J connectivity index is 2.15. The van der Waals surface area contributed by atoms with Crippen LogP contribution in [0.4, 0.5) is 4.39 Å². The summed E-state index contributed by atoms with van der Waals surface area (Å²) in [6, 6.07) is 4.62. The van der Waals surface area contributed by atoms with E-state index in [2.05, 4.69) is 4.72 Å². The van der Waals surface area contributed by atoms with Crippen LogP contribution >= 0.6 is 0 Å². The van der Waals surface area contributed by atoms with E-state index in [1.54, 1.807) is 0 Å². The molecule has 1 aromatic carbocycles. The van der Waals surface area contributed by atoms with Crippen LogP contribution in [0.3, 0.4) is 0 Å². The van der Waals surface area contributed by atoms with Crippen LogP contribution in [0.15, 0.2) is 29.2 Å². The topological polar surface area (TPSA) is 83.5 Å². The minimum Gasteiger partial charge on any atom is -0.481 e. The molecule has 0 amide bonds. The third-order valence-electron chi connectivity index (χ3n) is 3.72. The molecule has 0 aromatic heterocycles. The van der Waals surface area contributed by atoms with Gasteiger partial charge in [-0.3, -0.25) is 4.79 Å². The molecule has 7 heteroatoms. The third kappa shape index (κ3) is 2.99. The van der Waals surface area contributed by atoms with Crippen LogP contribution in [-0.2, 0) is 14.8 Å². The molecule has 1 fully saturated rings. The molecule has 1 aliphatic rings. The second-order valence-corrected chi connectivity index (χ2v) is 6.84. The van der Waals surface area contributed by atoms with Gasteiger partial charge in [-0.25, -0.2) is 17.5 Å². The monoisotopic (exact) mass is 301 g/mol. The van der Waals surface area contributed by atoms with Gasteiger partial charge in [0.15, 0.2) is 0 Å². The van der Waals surface area contributed by atoms with Crippen molar-refractivity contribution in [3.8, 4) is 0 Å². The highest BCUT2D eigenvalue weighted by Crippen LogP contribution is 2.38. The quantitative estimate of drug-likeness (QED) is 0.868. The maximum absolute atomic E-state index is 13.1. The molecule has 0 spiro atoms. The van der Waals surface area contributed by atoms with Crippen molar-refractivity contribution in [1.29, 1.82) is 0 Å². The number of sulfonamides is 1. The van der Waals surface area contributed by atoms with Crippen molar-refractivity contribution < 1.29 is 22.7 Å². The van der Waals surface area contributed by atoms with Crippen molar-refractivity contribution in [3.63, 3.8) is 0 Å². The first kappa shape index (κ1) is 14.9. The normalized spacial score (nSPS) is 18.1. The first-order chi connectivity index (χ1) is 9.36. The van der Waals surface area contributed by atoms with Crippen molar-refractivity contribution in [3.05, 3.63) is 30.1 Å². The number of rotatable bonds is 5. The summed E-state index contributed by atoms with van der Waals surface area (Å²) in [5.74, 6) is -1.64. The Hall–Kier alpha value is -1.47. The van der Waals surface area contributed by atoms with E-state index < -0.39 is 27.2 Å². The zero-order valence-corrected chi connectivity index (χ0v) is 11.6. The summed E-state index contributed by atoms with van der Waals surface area (Å²) < 4.78 is 39.4. The fraction of sp³-hybridized carbons (Fsp3) is 0.462. The van der Waals surface area contributed by atoms with Gasteiger partial charge in [0, 0.05) is 6.54 Å². The summed E-state index contributed by atoms with van der Waals surface area (Å²) in [7, 11) is -3.90. The molecular formula is C13H16FNO4S. The molecule has 0 saturated heterocycles. The molecule has 0 atom stereocenters. The highest BCUT2D eigenvalue weighted by molar-refractivity contribution is 7.89. The summed E-state index contributed by atoms with van der Waals surface area (Å²) in [6.45, 7) is -0.165. The number of carboxylic acids is 1. The standard InChI is InChI=1S/C13H16FNO4S/c14-10-4-3-5-11(8-10)20(18,19)15-9-13(12(16)17)6-1-2-7-13/h3-5,8,15H,1-2,6-7,9H2,(H,16,17). The second kappa shape index (κ2) is 5.49. The van der Waals surface area contributed by atoms with Gasteiger partial charge in [-0.2, -0.15) is 0 Å². The number of hydrogen-bond acceptors (Lipinski definition) is 3. The number of hydrogen-bond donors (Lipinski definition) is 2. The Labute approximate surface area is 116 Å². The number of aliphatic carboxylic acids is 1. The Bertz CT molecular complexity index is 609. The molecule has 110 valence electrons. The van der Waals surface area contributed by atoms with E-state index in [0.717, 1.165) is 25.0 Å². The molecule has 20 heavy (non-hydrogen) atoms. The minimum atomic E-state index is -3.90. The molecular weight excluding hydrogens is 285 g/mol. The average molecular weight is 301 g/mol. The van der Waals surface area contributed by atoms with Crippen LogP contribution in [0.2, 0.25) is 0 Å². The van der Waals surface area contributed by atoms with Crippen LogP contribution in [-0.4, -0.2) is 26.0 Å². The molecule has 0 unspecified atom stereocenters. The number of carboxylic acid groups (broad SMARTS) is 1. The zero-order chi connectivity index (χ0) is 14.8. The summed E-state index contributed by atoms with van der Waals surface area (Å²) in [4.78, 5) is 11.1. The van der Waals surface area contributed by atoms with Crippen LogP contribution in [0, 0.1) is 11.2 Å². The van der Waals surface area contributed by atoms with Gasteiger partial charge in [-0.1, -0.05) is 18.9 Å². The minimum absolute atomic E-state index is 0.165. The molecule has 1 aromatic rings. The highest BCUT2D eigenvalue weighted by atomic mass is 32.2. The van der Waals surface area contributed by atoms with Crippen molar-refractivity contribution in [2.24, 2.45) is 5.41 Å². The molecule has 2 N–H and O–H groups in total. The van der Waals surface area contributed by atoms with E-state index in [1.165, 1.54) is 12.1 Å². The summed E-state index contributed by atoms with van der Waals surface area (Å²) >= 11 is 0. The molecule has 0 bridgehead atoms. The molecule has 0 aliphatic heterocycles. The van der Waals surface area contributed by atoms with Gasteiger partial charge in [-0.15, -0.1) is 0 Å². The Morgan fingerprint density at radius 3 is 2.55 bits per heavy atom. The van der Waals surface area contributed by atoms with E-state index in [4.69, 9.17) is 0 Å². The molecule has 0 heterocycles. The maximum atomic E-state index is 13.1. The highest BCUT2D eigenvalue weighted by Gasteiger charge is 2.42. The SMILES string of the molecule is O=C(O)C1(CNS(=O)(=O)c2cccc(F)c2)CCCC1. The lowest BCUT2D eigenvalue weighted by atomic mass is 9.87. The predicted molar refractivity (Wildman–Crippen MR) is 70.1 cm³/mol. The molecule has 0 radical (unpaired) electrons. The third-order valence-corrected chi connectivity index (χ3v) is 5.12. The van der Waals surface area contributed by atoms with Gasteiger partial charge in [0.05, 0.1) is 10.3 Å². The van der Waals surface area contributed by atoms with Gasteiger partial charge in [0.1, 0.15) is 5.82 Å². The summed E-state index contributed by atoms with van der Waals surface area (Å²) in [5, 5.41) is 9.28. The van der Waals surface area contributed by atoms with Crippen molar-refractivity contribution in [2.75, 3.05) is 6.54 Å². The number of nitrogens with one attached hydrogen (secondary N) is 1. The van der Waals surface area contributed by atoms with Gasteiger partial charge >= 0.3 is 5.97 Å². The van der Waals surface area contributed by atoms with Gasteiger partial charge in [0.2, 0.25) is 10.0 Å². The van der Waals surface area contributed by atoms with Crippen LogP contribution in [0.5, 0.6) is 0 Å².